The lowest BCUT2D eigenvalue weighted by Gasteiger charge is -2.00. The number of rotatable bonds is 5. The molecule has 0 radical (unpaired) electrons. The molecule has 3 aromatic carbocycles. The first-order valence-electron chi connectivity index (χ1n) is 8.24. The Bertz CT molecular complexity index is 1070. The second kappa shape index (κ2) is 7.14. The highest BCUT2D eigenvalue weighted by molar-refractivity contribution is 7.99. The number of aryl methyl sites for hydroxylation is 1. The first-order valence-corrected chi connectivity index (χ1v) is 9.23. The predicted octanol–water partition coefficient (Wildman–Crippen LogP) is 5.17. The number of ketones is 1. The zero-order valence-electron chi connectivity index (χ0n) is 14.2. The maximum absolute atomic E-state index is 12.2. The number of aromatic nitrogens is 2. The van der Waals surface area contributed by atoms with Gasteiger partial charge in [0.25, 0.3) is 5.22 Å². The number of benzene rings is 3. The lowest BCUT2D eigenvalue weighted by Crippen LogP contribution is -2.02. The fraction of sp³-hybridized carbons (Fsp3) is 0.0952. The van der Waals surface area contributed by atoms with E-state index in [0.29, 0.717) is 16.7 Å². The quantitative estimate of drug-likeness (QED) is 0.363. The van der Waals surface area contributed by atoms with Gasteiger partial charge in [-0.25, -0.2) is 0 Å². The third-order valence-corrected chi connectivity index (χ3v) is 4.92. The zero-order valence-corrected chi connectivity index (χ0v) is 15.0. The fourth-order valence-electron chi connectivity index (χ4n) is 2.66. The number of thioether (sulfide) groups is 1. The van der Waals surface area contributed by atoms with E-state index in [1.54, 1.807) is 0 Å². The van der Waals surface area contributed by atoms with Gasteiger partial charge in [-0.2, -0.15) is 0 Å². The first kappa shape index (κ1) is 16.5. The molecule has 0 saturated heterocycles. The van der Waals surface area contributed by atoms with Crippen molar-refractivity contribution in [3.8, 4) is 11.5 Å². The number of Topliss-reactive ketones (excluding diaryl/α,β-unsaturated/α-hetero) is 1. The molecular formula is C21H16N2O2S. The molecule has 0 aliphatic carbocycles. The Balaban J connectivity index is 1.47. The van der Waals surface area contributed by atoms with E-state index >= 15 is 0 Å². The van der Waals surface area contributed by atoms with Crippen LogP contribution in [0.2, 0.25) is 0 Å². The van der Waals surface area contributed by atoms with Crippen molar-refractivity contribution in [2.75, 3.05) is 5.75 Å². The number of nitrogens with zero attached hydrogens (tertiary/aromatic N) is 2. The molecule has 0 fully saturated rings. The summed E-state index contributed by atoms with van der Waals surface area (Å²) in [7, 11) is 0. The molecular weight excluding hydrogens is 344 g/mol. The van der Waals surface area contributed by atoms with E-state index in [0.717, 1.165) is 21.9 Å². The minimum absolute atomic E-state index is 0.0421. The summed E-state index contributed by atoms with van der Waals surface area (Å²) in [5, 5.41) is 10.8. The number of carbonyl (C=O) groups excluding carboxylic acids is 1. The Labute approximate surface area is 155 Å². The smallest absolute Gasteiger partial charge is 0.277 e. The number of hydrogen-bond acceptors (Lipinski definition) is 5. The summed E-state index contributed by atoms with van der Waals surface area (Å²) >= 11 is 1.26. The van der Waals surface area contributed by atoms with Gasteiger partial charge in [-0.3, -0.25) is 4.79 Å². The van der Waals surface area contributed by atoms with Crippen molar-refractivity contribution in [3.05, 3.63) is 77.9 Å². The molecule has 5 heteroatoms. The van der Waals surface area contributed by atoms with E-state index in [1.807, 2.05) is 67.6 Å². The van der Waals surface area contributed by atoms with Gasteiger partial charge in [0, 0.05) is 11.1 Å². The van der Waals surface area contributed by atoms with Crippen molar-refractivity contribution in [2.45, 2.75) is 12.1 Å². The van der Waals surface area contributed by atoms with Crippen LogP contribution in [0.1, 0.15) is 15.9 Å². The summed E-state index contributed by atoms with van der Waals surface area (Å²) in [4.78, 5) is 12.2. The molecule has 128 valence electrons. The Morgan fingerprint density at radius 1 is 0.962 bits per heavy atom. The van der Waals surface area contributed by atoms with Gasteiger partial charge < -0.3 is 4.42 Å². The number of hydrogen-bond donors (Lipinski definition) is 0. The molecule has 0 spiro atoms. The summed E-state index contributed by atoms with van der Waals surface area (Å²) in [5.41, 5.74) is 2.69. The summed E-state index contributed by atoms with van der Waals surface area (Å²) in [5.74, 6) is 0.768. The van der Waals surface area contributed by atoms with Crippen LogP contribution >= 0.6 is 11.8 Å². The Hall–Kier alpha value is -2.92. The van der Waals surface area contributed by atoms with Crippen molar-refractivity contribution in [3.63, 3.8) is 0 Å². The highest BCUT2D eigenvalue weighted by atomic mass is 32.2. The van der Waals surface area contributed by atoms with E-state index in [4.69, 9.17) is 4.42 Å². The van der Waals surface area contributed by atoms with Crippen LogP contribution in [0.5, 0.6) is 0 Å². The molecule has 1 aromatic heterocycles. The molecule has 0 N–H and O–H groups in total. The normalized spacial score (nSPS) is 11.0. The fourth-order valence-corrected chi connectivity index (χ4v) is 3.31. The third kappa shape index (κ3) is 3.53. The van der Waals surface area contributed by atoms with E-state index in [1.165, 1.54) is 11.8 Å². The van der Waals surface area contributed by atoms with E-state index in [-0.39, 0.29) is 11.5 Å². The first-order chi connectivity index (χ1) is 12.7. The Morgan fingerprint density at radius 2 is 1.73 bits per heavy atom. The number of carbonyl (C=O) groups is 1. The monoisotopic (exact) mass is 360 g/mol. The van der Waals surface area contributed by atoms with Gasteiger partial charge in [0.15, 0.2) is 5.78 Å². The standard InChI is InChI=1S/C21H16N2O2S/c1-14-6-8-16(9-7-14)19(24)13-26-21-23-22-20(25-21)18-11-10-15-4-2-3-5-17(15)12-18/h2-12H,13H2,1H3. The second-order valence-electron chi connectivity index (χ2n) is 6.01. The molecule has 0 amide bonds. The molecule has 0 aliphatic rings. The van der Waals surface area contributed by atoms with Gasteiger partial charge in [0.2, 0.25) is 5.89 Å². The van der Waals surface area contributed by atoms with Crippen molar-refractivity contribution in [2.24, 2.45) is 0 Å². The summed E-state index contributed by atoms with van der Waals surface area (Å²) in [6, 6.07) is 21.7. The average Bonchev–Trinajstić information content (AvgIpc) is 3.15. The molecule has 1 heterocycles. The van der Waals surface area contributed by atoms with Gasteiger partial charge in [-0.05, 0) is 29.8 Å². The molecule has 0 unspecified atom stereocenters. The van der Waals surface area contributed by atoms with Gasteiger partial charge in [-0.1, -0.05) is 71.9 Å². The van der Waals surface area contributed by atoms with Crippen LogP contribution in [0.15, 0.2) is 76.4 Å². The second-order valence-corrected chi connectivity index (χ2v) is 6.94. The van der Waals surface area contributed by atoms with Crippen molar-refractivity contribution >= 4 is 28.3 Å². The Morgan fingerprint density at radius 3 is 2.54 bits per heavy atom. The van der Waals surface area contributed by atoms with Gasteiger partial charge in [0.1, 0.15) is 0 Å². The van der Waals surface area contributed by atoms with E-state index in [2.05, 4.69) is 16.3 Å². The molecule has 4 aromatic rings. The molecule has 4 rings (SSSR count). The maximum atomic E-state index is 12.2. The van der Waals surface area contributed by atoms with E-state index in [9.17, 15) is 4.79 Å². The van der Waals surface area contributed by atoms with Crippen LogP contribution in [-0.2, 0) is 0 Å². The molecule has 0 atom stereocenters. The van der Waals surface area contributed by atoms with Crippen LogP contribution < -0.4 is 0 Å². The number of fused-ring (bicyclic) bond motifs is 1. The van der Waals surface area contributed by atoms with Gasteiger partial charge >= 0.3 is 0 Å². The minimum Gasteiger partial charge on any atom is -0.411 e. The lowest BCUT2D eigenvalue weighted by atomic mass is 10.1. The van der Waals surface area contributed by atoms with Crippen molar-refractivity contribution in [1.29, 1.82) is 0 Å². The predicted molar refractivity (Wildman–Crippen MR) is 103 cm³/mol. The SMILES string of the molecule is Cc1ccc(C(=O)CSc2nnc(-c3ccc4ccccc4c3)o2)cc1. The maximum Gasteiger partial charge on any atom is 0.277 e. The summed E-state index contributed by atoms with van der Waals surface area (Å²) < 4.78 is 5.71. The van der Waals surface area contributed by atoms with E-state index < -0.39 is 0 Å². The largest absolute Gasteiger partial charge is 0.411 e. The van der Waals surface area contributed by atoms with Gasteiger partial charge in [0.05, 0.1) is 5.75 Å². The van der Waals surface area contributed by atoms with Crippen LogP contribution in [0, 0.1) is 6.92 Å². The van der Waals surface area contributed by atoms with Gasteiger partial charge in [-0.15, -0.1) is 10.2 Å². The van der Waals surface area contributed by atoms with Crippen LogP contribution in [-0.4, -0.2) is 21.7 Å². The highest BCUT2D eigenvalue weighted by Crippen LogP contribution is 2.26. The molecule has 0 aliphatic heterocycles. The molecule has 0 bridgehead atoms. The summed E-state index contributed by atoms with van der Waals surface area (Å²) in [6.07, 6.45) is 0. The van der Waals surface area contributed by atoms with Crippen molar-refractivity contribution in [1.82, 2.24) is 10.2 Å². The van der Waals surface area contributed by atoms with Crippen LogP contribution in [0.3, 0.4) is 0 Å². The molecule has 4 nitrogen and oxygen atoms in total. The average molecular weight is 360 g/mol. The topological polar surface area (TPSA) is 56.0 Å². The lowest BCUT2D eigenvalue weighted by molar-refractivity contribution is 0.102. The Kier molecular flexibility index (Phi) is 4.54. The highest BCUT2D eigenvalue weighted by Gasteiger charge is 2.12. The minimum atomic E-state index is 0.0421. The molecule has 0 saturated carbocycles. The third-order valence-electron chi connectivity index (χ3n) is 4.10. The van der Waals surface area contributed by atoms with Crippen LogP contribution in [0.4, 0.5) is 0 Å². The van der Waals surface area contributed by atoms with Crippen LogP contribution in [0.25, 0.3) is 22.2 Å². The molecule has 26 heavy (non-hydrogen) atoms. The van der Waals surface area contributed by atoms with Crippen molar-refractivity contribution < 1.29 is 9.21 Å². The summed E-state index contributed by atoms with van der Waals surface area (Å²) in [6.45, 7) is 2.00. The zero-order chi connectivity index (χ0) is 17.9.